The van der Waals surface area contributed by atoms with Gasteiger partial charge in [-0.15, -0.1) is 0 Å². The van der Waals surface area contributed by atoms with Crippen molar-refractivity contribution in [2.24, 2.45) is 5.92 Å². The Morgan fingerprint density at radius 1 is 1.32 bits per heavy atom. The number of nitrogens with zero attached hydrogens (tertiary/aromatic N) is 3. The Morgan fingerprint density at radius 2 is 2.04 bits per heavy atom. The molecule has 2 amide bonds. The highest BCUT2D eigenvalue weighted by atomic mass is 35.5. The number of likely N-dealkylation sites (N-methyl/N-ethyl adjacent to an activating group) is 1. The summed E-state index contributed by atoms with van der Waals surface area (Å²) in [5.41, 5.74) is 2.03. The molecule has 0 fully saturated rings. The Hall–Kier alpha value is -2.31. The predicted molar refractivity (Wildman–Crippen MR) is 114 cm³/mol. The summed E-state index contributed by atoms with van der Waals surface area (Å²) in [6.07, 6.45) is 3.03. The van der Waals surface area contributed by atoms with E-state index in [0.717, 1.165) is 5.69 Å². The van der Waals surface area contributed by atoms with Crippen molar-refractivity contribution in [3.63, 3.8) is 0 Å². The largest absolute Gasteiger partial charge is 0.333 e. The number of halogens is 2. The number of carbonyl (C=O) groups excluding carboxylic acids is 2. The van der Waals surface area contributed by atoms with E-state index in [4.69, 9.17) is 23.2 Å². The van der Waals surface area contributed by atoms with Gasteiger partial charge in [0.15, 0.2) is 0 Å². The number of aromatic nitrogens is 2. The summed E-state index contributed by atoms with van der Waals surface area (Å²) in [6.45, 7) is 6.61. The van der Waals surface area contributed by atoms with Crippen LogP contribution >= 0.6 is 23.2 Å². The fraction of sp³-hybridized carbons (Fsp3) is 0.350. The molecule has 1 N–H and O–H groups in total. The van der Waals surface area contributed by atoms with Crippen LogP contribution < -0.4 is 5.32 Å². The molecule has 0 atom stereocenters. The number of anilines is 1. The van der Waals surface area contributed by atoms with E-state index >= 15 is 0 Å². The smallest absolute Gasteiger partial charge is 0.246 e. The van der Waals surface area contributed by atoms with Crippen LogP contribution in [0.5, 0.6) is 0 Å². The first-order valence-corrected chi connectivity index (χ1v) is 9.64. The van der Waals surface area contributed by atoms with Crippen LogP contribution in [0.1, 0.15) is 25.1 Å². The molecule has 0 unspecified atom stereocenters. The van der Waals surface area contributed by atoms with Crippen molar-refractivity contribution in [1.29, 1.82) is 0 Å². The van der Waals surface area contributed by atoms with Crippen LogP contribution in [-0.4, -0.2) is 40.1 Å². The number of aryl methyl sites for hydroxylation is 1. The van der Waals surface area contributed by atoms with Gasteiger partial charge in [-0.05, 0) is 37.1 Å². The lowest BCUT2D eigenvalue weighted by atomic mass is 10.2. The molecule has 0 bridgehead atoms. The molecule has 0 aliphatic rings. The quantitative estimate of drug-likeness (QED) is 0.677. The van der Waals surface area contributed by atoms with Gasteiger partial charge in [0.1, 0.15) is 5.15 Å². The summed E-state index contributed by atoms with van der Waals surface area (Å²) in [5.74, 6) is -0.224. The first kappa shape index (κ1) is 22.0. The van der Waals surface area contributed by atoms with Crippen LogP contribution in [-0.2, 0) is 16.1 Å². The van der Waals surface area contributed by atoms with Crippen LogP contribution in [0.2, 0.25) is 10.2 Å². The molecule has 0 radical (unpaired) electrons. The first-order valence-electron chi connectivity index (χ1n) is 8.89. The lowest BCUT2D eigenvalue weighted by Crippen LogP contribution is -2.33. The maximum atomic E-state index is 12.3. The summed E-state index contributed by atoms with van der Waals surface area (Å²) in [5, 5.41) is 8.14. The van der Waals surface area contributed by atoms with Gasteiger partial charge in [-0.3, -0.25) is 14.3 Å². The summed E-state index contributed by atoms with van der Waals surface area (Å²) < 4.78 is 1.73. The molecular formula is C20H24Cl2N4O2. The predicted octanol–water partition coefficient (Wildman–Crippen LogP) is 4.26. The van der Waals surface area contributed by atoms with Crippen molar-refractivity contribution < 1.29 is 9.59 Å². The summed E-state index contributed by atoms with van der Waals surface area (Å²) in [4.78, 5) is 25.8. The third kappa shape index (κ3) is 6.11. The van der Waals surface area contributed by atoms with Crippen LogP contribution in [0.25, 0.3) is 6.08 Å². The van der Waals surface area contributed by atoms with Crippen molar-refractivity contribution in [1.82, 2.24) is 14.7 Å². The molecule has 1 aromatic carbocycles. The van der Waals surface area contributed by atoms with Crippen LogP contribution in [0.15, 0.2) is 30.3 Å². The van der Waals surface area contributed by atoms with E-state index < -0.39 is 0 Å². The molecular weight excluding hydrogens is 399 g/mol. The van der Waals surface area contributed by atoms with Gasteiger partial charge >= 0.3 is 0 Å². The van der Waals surface area contributed by atoms with E-state index in [0.29, 0.717) is 33.9 Å². The minimum Gasteiger partial charge on any atom is -0.333 e. The molecule has 2 aromatic rings. The van der Waals surface area contributed by atoms with Crippen LogP contribution in [0.4, 0.5) is 5.69 Å². The standard InChI is InChI=1S/C20H24Cl2N4O2/c1-13(2)11-26-20(22)17(14(3)24-26)8-9-19(28)25(4)12-18(27)23-16-7-5-6-15(21)10-16/h5-10,13H,11-12H2,1-4H3,(H,23,27)/b9-8+. The Bertz CT molecular complexity index is 890. The normalized spacial score (nSPS) is 11.2. The second-order valence-electron chi connectivity index (χ2n) is 6.95. The minimum absolute atomic E-state index is 0.0883. The van der Waals surface area contributed by atoms with Crippen molar-refractivity contribution in [3.8, 4) is 0 Å². The third-order valence-electron chi connectivity index (χ3n) is 3.91. The Balaban J connectivity index is 1.98. The number of amides is 2. The second kappa shape index (κ2) is 9.75. The topological polar surface area (TPSA) is 67.2 Å². The van der Waals surface area contributed by atoms with Crippen molar-refractivity contribution in [3.05, 3.63) is 51.8 Å². The van der Waals surface area contributed by atoms with Gasteiger partial charge in [0, 0.05) is 35.9 Å². The highest BCUT2D eigenvalue weighted by molar-refractivity contribution is 6.31. The average molecular weight is 423 g/mol. The van der Waals surface area contributed by atoms with Gasteiger partial charge < -0.3 is 10.2 Å². The third-order valence-corrected chi connectivity index (χ3v) is 4.54. The number of hydrogen-bond acceptors (Lipinski definition) is 3. The molecule has 0 saturated heterocycles. The number of hydrogen-bond donors (Lipinski definition) is 1. The number of nitrogens with one attached hydrogen (secondary N) is 1. The molecule has 0 spiro atoms. The molecule has 8 heteroatoms. The zero-order valence-electron chi connectivity index (χ0n) is 16.4. The first-order chi connectivity index (χ1) is 13.2. The summed E-state index contributed by atoms with van der Waals surface area (Å²) in [7, 11) is 1.56. The van der Waals surface area contributed by atoms with Crippen molar-refractivity contribution >= 4 is 46.8 Å². The van der Waals surface area contributed by atoms with Crippen molar-refractivity contribution in [2.75, 3.05) is 18.9 Å². The Labute approximate surface area is 175 Å². The molecule has 1 aromatic heterocycles. The molecule has 150 valence electrons. The molecule has 28 heavy (non-hydrogen) atoms. The number of carbonyl (C=O) groups is 2. The number of rotatable bonds is 7. The maximum absolute atomic E-state index is 12.3. The highest BCUT2D eigenvalue weighted by Crippen LogP contribution is 2.22. The van der Waals surface area contributed by atoms with E-state index in [9.17, 15) is 9.59 Å². The highest BCUT2D eigenvalue weighted by Gasteiger charge is 2.14. The molecule has 6 nitrogen and oxygen atoms in total. The zero-order chi connectivity index (χ0) is 20.8. The van der Waals surface area contributed by atoms with E-state index in [1.807, 2.05) is 6.92 Å². The van der Waals surface area contributed by atoms with Gasteiger partial charge in [-0.2, -0.15) is 5.10 Å². The van der Waals surface area contributed by atoms with Gasteiger partial charge in [0.05, 0.1) is 12.2 Å². The maximum Gasteiger partial charge on any atom is 0.246 e. The Morgan fingerprint density at radius 3 is 2.68 bits per heavy atom. The van der Waals surface area contributed by atoms with Gasteiger partial charge in [-0.25, -0.2) is 0 Å². The monoisotopic (exact) mass is 422 g/mol. The lowest BCUT2D eigenvalue weighted by Gasteiger charge is -2.15. The van der Waals surface area contributed by atoms with Crippen LogP contribution in [0.3, 0.4) is 0 Å². The van der Waals surface area contributed by atoms with E-state index in [1.54, 1.807) is 42.1 Å². The molecule has 0 aliphatic carbocycles. The SMILES string of the molecule is Cc1nn(CC(C)C)c(Cl)c1/C=C/C(=O)N(C)CC(=O)Nc1cccc(Cl)c1. The van der Waals surface area contributed by atoms with Gasteiger partial charge in [0.25, 0.3) is 0 Å². The minimum atomic E-state index is -0.314. The summed E-state index contributed by atoms with van der Waals surface area (Å²) >= 11 is 12.3. The summed E-state index contributed by atoms with van der Waals surface area (Å²) in [6, 6.07) is 6.82. The van der Waals surface area contributed by atoms with Crippen LogP contribution in [0, 0.1) is 12.8 Å². The van der Waals surface area contributed by atoms with E-state index in [1.165, 1.54) is 11.0 Å². The second-order valence-corrected chi connectivity index (χ2v) is 7.75. The molecule has 0 saturated carbocycles. The Kier molecular flexibility index (Phi) is 7.66. The number of benzene rings is 1. The molecule has 0 aliphatic heterocycles. The van der Waals surface area contributed by atoms with Gasteiger partial charge in [-0.1, -0.05) is 43.1 Å². The average Bonchev–Trinajstić information content (AvgIpc) is 2.85. The van der Waals surface area contributed by atoms with Gasteiger partial charge in [0.2, 0.25) is 11.8 Å². The lowest BCUT2D eigenvalue weighted by molar-refractivity contribution is -0.129. The van der Waals surface area contributed by atoms with E-state index in [2.05, 4.69) is 24.3 Å². The van der Waals surface area contributed by atoms with E-state index in [-0.39, 0.29) is 18.4 Å². The zero-order valence-corrected chi connectivity index (χ0v) is 17.9. The fourth-order valence-electron chi connectivity index (χ4n) is 2.57. The fourth-order valence-corrected chi connectivity index (χ4v) is 3.06. The molecule has 2 rings (SSSR count). The van der Waals surface area contributed by atoms with Crippen molar-refractivity contribution in [2.45, 2.75) is 27.3 Å². The molecule has 1 heterocycles.